The van der Waals surface area contributed by atoms with Gasteiger partial charge in [0, 0.05) is 24.1 Å². The number of hydrogen-bond donors (Lipinski definition) is 1. The van der Waals surface area contributed by atoms with Gasteiger partial charge in [-0.1, -0.05) is 0 Å². The maximum Gasteiger partial charge on any atom is 0.133 e. The molecule has 2 aliphatic rings. The molecule has 1 saturated carbocycles. The smallest absolute Gasteiger partial charge is 0.133 e. The first-order valence-electron chi connectivity index (χ1n) is 8.44. The predicted molar refractivity (Wildman–Crippen MR) is 83.4 cm³/mol. The number of carbonyl (C=O) groups is 1. The summed E-state index contributed by atoms with van der Waals surface area (Å²) >= 11 is 0. The zero-order valence-electron chi connectivity index (χ0n) is 13.2. The molecule has 1 N–H and O–H groups in total. The van der Waals surface area contributed by atoms with Crippen molar-refractivity contribution < 1.29 is 18.3 Å². The Morgan fingerprint density at radius 3 is 2.57 bits per heavy atom. The summed E-state index contributed by atoms with van der Waals surface area (Å²) < 4.78 is 32.9. The summed E-state index contributed by atoms with van der Waals surface area (Å²) in [5.41, 5.74) is -0.194. The molecule has 3 rings (SSSR count). The van der Waals surface area contributed by atoms with Crippen molar-refractivity contribution in [3.8, 4) is 5.75 Å². The minimum Gasteiger partial charge on any atom is -0.493 e. The van der Waals surface area contributed by atoms with Crippen LogP contribution in [0, 0.1) is 29.4 Å². The predicted octanol–water partition coefficient (Wildman–Crippen LogP) is 3.11. The lowest BCUT2D eigenvalue weighted by molar-refractivity contribution is -0.107. The maximum atomic E-state index is 13.7. The highest BCUT2D eigenvalue weighted by molar-refractivity contribution is 5.55. The Hall–Kier alpha value is -1.49. The average molecular weight is 323 g/mol. The Kier molecular flexibility index (Phi) is 5.26. The highest BCUT2D eigenvalue weighted by atomic mass is 19.1. The van der Waals surface area contributed by atoms with Crippen LogP contribution in [0.4, 0.5) is 8.78 Å². The second-order valence-electron chi connectivity index (χ2n) is 6.62. The van der Waals surface area contributed by atoms with Crippen LogP contribution in [-0.4, -0.2) is 26.0 Å². The Morgan fingerprint density at radius 1 is 1.22 bits per heavy atom. The van der Waals surface area contributed by atoms with Gasteiger partial charge in [-0.3, -0.25) is 0 Å². The van der Waals surface area contributed by atoms with Gasteiger partial charge in [0.05, 0.1) is 6.61 Å². The number of nitrogens with one attached hydrogen (secondary N) is 1. The van der Waals surface area contributed by atoms with E-state index >= 15 is 0 Å². The van der Waals surface area contributed by atoms with E-state index in [0.29, 0.717) is 18.8 Å². The van der Waals surface area contributed by atoms with Crippen molar-refractivity contribution in [3.05, 3.63) is 29.3 Å². The quantitative estimate of drug-likeness (QED) is 0.784. The third-order valence-corrected chi connectivity index (χ3v) is 5.13. The summed E-state index contributed by atoms with van der Waals surface area (Å²) in [6.45, 7) is 2.73. The highest BCUT2D eigenvalue weighted by Gasteiger charge is 2.42. The number of carbonyl (C=O) groups excluding carboxylic acids is 1. The molecule has 0 bridgehead atoms. The molecule has 126 valence electrons. The van der Waals surface area contributed by atoms with Gasteiger partial charge in [-0.15, -0.1) is 0 Å². The van der Waals surface area contributed by atoms with Crippen molar-refractivity contribution in [1.82, 2.24) is 5.32 Å². The Labute approximate surface area is 135 Å². The third kappa shape index (κ3) is 4.08. The van der Waals surface area contributed by atoms with Crippen LogP contribution in [0.2, 0.25) is 0 Å². The van der Waals surface area contributed by atoms with Crippen molar-refractivity contribution in [2.24, 2.45) is 17.8 Å². The fraction of sp³-hybridized carbons (Fsp3) is 0.611. The van der Waals surface area contributed by atoms with Gasteiger partial charge < -0.3 is 14.8 Å². The zero-order chi connectivity index (χ0) is 16.2. The van der Waals surface area contributed by atoms with E-state index in [1.54, 1.807) is 0 Å². The average Bonchev–Trinajstić information content (AvgIpc) is 3.31. The first kappa shape index (κ1) is 16.4. The SMILES string of the molecule is O=CCc1c(F)cc(OCCC2CC2C2CCNCC2)cc1F. The fourth-order valence-electron chi connectivity index (χ4n) is 3.72. The second-order valence-corrected chi connectivity index (χ2v) is 6.62. The number of halogens is 2. The lowest BCUT2D eigenvalue weighted by Crippen LogP contribution is -2.29. The molecule has 1 aliphatic heterocycles. The minimum atomic E-state index is -0.717. The fourth-order valence-corrected chi connectivity index (χ4v) is 3.72. The minimum absolute atomic E-state index is 0.194. The molecule has 1 aliphatic carbocycles. The molecular weight excluding hydrogens is 300 g/mol. The number of aldehydes is 1. The Morgan fingerprint density at radius 2 is 1.91 bits per heavy atom. The Balaban J connectivity index is 1.45. The standard InChI is InChI=1S/C18H23F2NO2/c19-17-10-14(11-18(20)15(17)3-7-22)23-8-4-13-9-16(13)12-1-5-21-6-2-12/h7,10-13,16,21H,1-6,8-9H2. The van der Waals surface area contributed by atoms with Gasteiger partial charge >= 0.3 is 0 Å². The van der Waals surface area contributed by atoms with E-state index in [9.17, 15) is 13.6 Å². The van der Waals surface area contributed by atoms with Crippen molar-refractivity contribution in [1.29, 1.82) is 0 Å². The van der Waals surface area contributed by atoms with Gasteiger partial charge in [0.25, 0.3) is 0 Å². The number of benzene rings is 1. The van der Waals surface area contributed by atoms with Crippen LogP contribution in [0.1, 0.15) is 31.2 Å². The third-order valence-electron chi connectivity index (χ3n) is 5.13. The van der Waals surface area contributed by atoms with E-state index in [1.807, 2.05) is 0 Å². The number of rotatable bonds is 7. The van der Waals surface area contributed by atoms with Crippen LogP contribution >= 0.6 is 0 Å². The molecule has 0 spiro atoms. The van der Waals surface area contributed by atoms with Crippen LogP contribution in [0.5, 0.6) is 5.75 Å². The van der Waals surface area contributed by atoms with Crippen LogP contribution in [0.25, 0.3) is 0 Å². The molecule has 1 heterocycles. The molecule has 1 aromatic rings. The molecule has 2 atom stereocenters. The van der Waals surface area contributed by atoms with E-state index in [2.05, 4.69) is 5.32 Å². The van der Waals surface area contributed by atoms with E-state index in [-0.39, 0.29) is 17.7 Å². The maximum absolute atomic E-state index is 13.7. The largest absolute Gasteiger partial charge is 0.493 e. The molecule has 0 amide bonds. The molecule has 1 aromatic carbocycles. The molecule has 1 saturated heterocycles. The normalized spacial score (nSPS) is 24.4. The number of hydrogen-bond acceptors (Lipinski definition) is 3. The molecule has 3 nitrogen and oxygen atoms in total. The van der Waals surface area contributed by atoms with Crippen molar-refractivity contribution in [3.63, 3.8) is 0 Å². The van der Waals surface area contributed by atoms with Gasteiger partial charge in [0.15, 0.2) is 0 Å². The zero-order valence-corrected chi connectivity index (χ0v) is 13.2. The molecule has 0 aromatic heterocycles. The second kappa shape index (κ2) is 7.39. The van der Waals surface area contributed by atoms with Gasteiger partial charge in [-0.05, 0) is 56.5 Å². The van der Waals surface area contributed by atoms with Crippen molar-refractivity contribution >= 4 is 6.29 Å². The molecule has 2 unspecified atom stereocenters. The molecule has 23 heavy (non-hydrogen) atoms. The number of ether oxygens (including phenoxy) is 1. The molecular formula is C18H23F2NO2. The monoisotopic (exact) mass is 323 g/mol. The first-order valence-corrected chi connectivity index (χ1v) is 8.44. The van der Waals surface area contributed by atoms with Gasteiger partial charge in [-0.25, -0.2) is 8.78 Å². The molecule has 0 radical (unpaired) electrons. The van der Waals surface area contributed by atoms with Gasteiger partial charge in [0.2, 0.25) is 0 Å². The molecule has 5 heteroatoms. The van der Waals surface area contributed by atoms with Crippen LogP contribution in [0.3, 0.4) is 0 Å². The van der Waals surface area contributed by atoms with Crippen LogP contribution in [-0.2, 0) is 11.2 Å². The summed E-state index contributed by atoms with van der Waals surface area (Å²) in [7, 11) is 0. The van der Waals surface area contributed by atoms with Crippen LogP contribution in [0.15, 0.2) is 12.1 Å². The molecule has 2 fully saturated rings. The van der Waals surface area contributed by atoms with Crippen LogP contribution < -0.4 is 10.1 Å². The summed E-state index contributed by atoms with van der Waals surface area (Å²) in [5, 5.41) is 3.38. The first-order chi connectivity index (χ1) is 11.2. The van der Waals surface area contributed by atoms with E-state index in [1.165, 1.54) is 31.4 Å². The van der Waals surface area contributed by atoms with E-state index in [0.717, 1.165) is 31.3 Å². The number of piperidine rings is 1. The summed E-state index contributed by atoms with van der Waals surface area (Å²) in [4.78, 5) is 10.4. The van der Waals surface area contributed by atoms with Gasteiger partial charge in [0.1, 0.15) is 23.7 Å². The van der Waals surface area contributed by atoms with Gasteiger partial charge in [-0.2, -0.15) is 0 Å². The Bertz CT molecular complexity index is 535. The lowest BCUT2D eigenvalue weighted by Gasteiger charge is -2.22. The summed E-state index contributed by atoms with van der Waals surface area (Å²) in [5.74, 6) is 1.11. The van der Waals surface area contributed by atoms with Crippen molar-refractivity contribution in [2.75, 3.05) is 19.7 Å². The van der Waals surface area contributed by atoms with E-state index < -0.39 is 11.6 Å². The van der Waals surface area contributed by atoms with E-state index in [4.69, 9.17) is 4.74 Å². The highest BCUT2D eigenvalue weighted by Crippen LogP contribution is 2.49. The topological polar surface area (TPSA) is 38.3 Å². The summed E-state index contributed by atoms with van der Waals surface area (Å²) in [6, 6.07) is 2.33. The van der Waals surface area contributed by atoms with Crippen molar-refractivity contribution in [2.45, 2.75) is 32.1 Å². The summed E-state index contributed by atoms with van der Waals surface area (Å²) in [6.07, 6.45) is 4.96. The lowest BCUT2D eigenvalue weighted by atomic mass is 9.91.